The van der Waals surface area contributed by atoms with Gasteiger partial charge in [-0.15, -0.1) is 0 Å². The molecule has 2 rings (SSSR count). The van der Waals surface area contributed by atoms with E-state index >= 15 is 0 Å². The van der Waals surface area contributed by atoms with Crippen LogP contribution in [0.4, 0.5) is 0 Å². The minimum absolute atomic E-state index is 0.0456. The zero-order chi connectivity index (χ0) is 11.9. The fourth-order valence-electron chi connectivity index (χ4n) is 2.60. The largest absolute Gasteiger partial charge is 0.322 e. The summed E-state index contributed by atoms with van der Waals surface area (Å²) in [4.78, 5) is 13.7. The number of nitrogens with zero attached hydrogens (tertiary/aromatic N) is 1. The number of sulfone groups is 1. The first-order valence-electron chi connectivity index (χ1n) is 5.73. The van der Waals surface area contributed by atoms with Crippen LogP contribution in [-0.2, 0) is 14.6 Å². The van der Waals surface area contributed by atoms with E-state index in [4.69, 9.17) is 0 Å². The molecular weight excluding hydrogens is 228 g/mol. The Balaban J connectivity index is 2.13. The van der Waals surface area contributed by atoms with Crippen molar-refractivity contribution in [2.24, 2.45) is 0 Å². The van der Waals surface area contributed by atoms with E-state index in [1.54, 1.807) is 4.90 Å². The quantitative estimate of drug-likeness (QED) is 0.728. The highest BCUT2D eigenvalue weighted by Crippen LogP contribution is 2.24. The van der Waals surface area contributed by atoms with Gasteiger partial charge in [-0.05, 0) is 19.8 Å². The van der Waals surface area contributed by atoms with Crippen LogP contribution in [-0.4, -0.2) is 49.0 Å². The van der Waals surface area contributed by atoms with Crippen molar-refractivity contribution >= 4 is 15.7 Å². The maximum Gasteiger partial charge on any atom is 0.241 e. The Bertz CT molecular complexity index is 393. The molecule has 92 valence electrons. The minimum atomic E-state index is -2.93. The maximum absolute atomic E-state index is 12.0. The van der Waals surface area contributed by atoms with E-state index in [0.29, 0.717) is 6.42 Å². The van der Waals surface area contributed by atoms with Crippen LogP contribution in [0.2, 0.25) is 0 Å². The lowest BCUT2D eigenvalue weighted by molar-refractivity contribution is -0.131. The van der Waals surface area contributed by atoms with Gasteiger partial charge < -0.3 is 4.90 Å². The summed E-state index contributed by atoms with van der Waals surface area (Å²) in [5.74, 6) is 0.392. The normalized spacial score (nSPS) is 38.2. The molecule has 0 saturated carbocycles. The fraction of sp³-hybridized carbons (Fsp3) is 0.900. The number of hydrogen-bond acceptors (Lipinski definition) is 4. The average molecular weight is 246 g/mol. The summed E-state index contributed by atoms with van der Waals surface area (Å²) in [5, 5.41) is 3.19. The van der Waals surface area contributed by atoms with Crippen molar-refractivity contribution in [1.82, 2.24) is 10.2 Å². The van der Waals surface area contributed by atoms with Gasteiger partial charge in [0, 0.05) is 6.04 Å². The molecule has 2 aliphatic heterocycles. The number of nitrogens with one attached hydrogen (secondary N) is 1. The zero-order valence-electron chi connectivity index (χ0n) is 9.64. The van der Waals surface area contributed by atoms with Gasteiger partial charge in [-0.25, -0.2) is 8.42 Å². The van der Waals surface area contributed by atoms with Gasteiger partial charge in [-0.2, -0.15) is 0 Å². The summed E-state index contributed by atoms with van der Waals surface area (Å²) in [5.41, 5.74) is 0. The van der Waals surface area contributed by atoms with Crippen LogP contribution in [0.25, 0.3) is 0 Å². The van der Waals surface area contributed by atoms with E-state index < -0.39 is 9.84 Å². The first-order chi connectivity index (χ1) is 7.44. The molecule has 2 saturated heterocycles. The van der Waals surface area contributed by atoms with Crippen molar-refractivity contribution in [2.45, 2.75) is 44.9 Å². The summed E-state index contributed by atoms with van der Waals surface area (Å²) < 4.78 is 22.8. The van der Waals surface area contributed by atoms with Crippen molar-refractivity contribution in [3.63, 3.8) is 0 Å². The molecule has 0 aromatic rings. The molecule has 16 heavy (non-hydrogen) atoms. The lowest BCUT2D eigenvalue weighted by Gasteiger charge is -2.26. The van der Waals surface area contributed by atoms with Crippen molar-refractivity contribution in [3.8, 4) is 0 Å². The molecule has 1 N–H and O–H groups in total. The van der Waals surface area contributed by atoms with E-state index in [-0.39, 0.29) is 35.7 Å². The van der Waals surface area contributed by atoms with Gasteiger partial charge in [0.1, 0.15) is 0 Å². The summed E-state index contributed by atoms with van der Waals surface area (Å²) in [6.07, 6.45) is 1.28. The SMILES string of the molecule is CCC1NC(C)N(C2CCS(=O)(=O)C2)C1=O. The molecule has 0 aliphatic carbocycles. The molecule has 1 amide bonds. The summed E-state index contributed by atoms with van der Waals surface area (Å²) in [6.45, 7) is 3.87. The molecule has 0 bridgehead atoms. The number of carbonyl (C=O) groups is 1. The molecule has 0 aromatic carbocycles. The van der Waals surface area contributed by atoms with Crippen LogP contribution in [0.1, 0.15) is 26.7 Å². The molecule has 2 aliphatic rings. The van der Waals surface area contributed by atoms with E-state index in [1.807, 2.05) is 13.8 Å². The van der Waals surface area contributed by atoms with Gasteiger partial charge in [0.15, 0.2) is 9.84 Å². The van der Waals surface area contributed by atoms with Gasteiger partial charge in [0.25, 0.3) is 0 Å². The molecular formula is C10H18N2O3S. The Kier molecular flexibility index (Phi) is 2.96. The Hall–Kier alpha value is -0.620. The molecule has 3 atom stereocenters. The zero-order valence-corrected chi connectivity index (χ0v) is 10.5. The van der Waals surface area contributed by atoms with Crippen molar-refractivity contribution in [1.29, 1.82) is 0 Å². The lowest BCUT2D eigenvalue weighted by atomic mass is 10.2. The smallest absolute Gasteiger partial charge is 0.241 e. The predicted octanol–water partition coefficient (Wildman–Crippen LogP) is -0.270. The van der Waals surface area contributed by atoms with Crippen molar-refractivity contribution in [2.75, 3.05) is 11.5 Å². The lowest BCUT2D eigenvalue weighted by Crippen LogP contribution is -2.43. The third-order valence-electron chi connectivity index (χ3n) is 3.42. The number of hydrogen-bond donors (Lipinski definition) is 1. The van der Waals surface area contributed by atoms with Crippen LogP contribution < -0.4 is 5.32 Å². The van der Waals surface area contributed by atoms with E-state index in [1.165, 1.54) is 0 Å². The highest BCUT2D eigenvalue weighted by Gasteiger charge is 2.43. The average Bonchev–Trinajstić information content (AvgIpc) is 2.67. The molecule has 2 heterocycles. The minimum Gasteiger partial charge on any atom is -0.322 e. The second-order valence-electron chi connectivity index (χ2n) is 4.61. The first kappa shape index (κ1) is 11.9. The molecule has 6 heteroatoms. The molecule has 0 radical (unpaired) electrons. The number of rotatable bonds is 2. The second-order valence-corrected chi connectivity index (χ2v) is 6.83. The van der Waals surface area contributed by atoms with Crippen LogP contribution in [0.3, 0.4) is 0 Å². The number of amides is 1. The van der Waals surface area contributed by atoms with Gasteiger partial charge >= 0.3 is 0 Å². The standard InChI is InChI=1S/C10H18N2O3S/c1-3-9-10(13)12(7(2)11-9)8-4-5-16(14,15)6-8/h7-9,11H,3-6H2,1-2H3. The Morgan fingerprint density at radius 2 is 2.19 bits per heavy atom. The summed E-state index contributed by atoms with van der Waals surface area (Å²) in [6, 6.07) is -0.269. The highest BCUT2D eigenvalue weighted by atomic mass is 32.2. The maximum atomic E-state index is 12.0. The Labute approximate surface area is 96.1 Å². The fourth-order valence-corrected chi connectivity index (χ4v) is 4.31. The molecule has 0 spiro atoms. The third kappa shape index (κ3) is 1.96. The molecule has 2 fully saturated rings. The van der Waals surface area contributed by atoms with Gasteiger partial charge in [-0.3, -0.25) is 10.1 Å². The highest BCUT2D eigenvalue weighted by molar-refractivity contribution is 7.91. The van der Waals surface area contributed by atoms with E-state index in [2.05, 4.69) is 5.32 Å². The third-order valence-corrected chi connectivity index (χ3v) is 5.17. The van der Waals surface area contributed by atoms with Crippen molar-refractivity contribution in [3.05, 3.63) is 0 Å². The Morgan fingerprint density at radius 1 is 1.50 bits per heavy atom. The van der Waals surface area contributed by atoms with Gasteiger partial charge in [-0.1, -0.05) is 6.92 Å². The van der Waals surface area contributed by atoms with Crippen LogP contribution in [0.5, 0.6) is 0 Å². The monoisotopic (exact) mass is 246 g/mol. The number of carbonyl (C=O) groups excluding carboxylic acids is 1. The van der Waals surface area contributed by atoms with Crippen LogP contribution >= 0.6 is 0 Å². The van der Waals surface area contributed by atoms with E-state index in [9.17, 15) is 13.2 Å². The first-order valence-corrected chi connectivity index (χ1v) is 7.55. The van der Waals surface area contributed by atoms with E-state index in [0.717, 1.165) is 6.42 Å². The Morgan fingerprint density at radius 3 is 2.62 bits per heavy atom. The predicted molar refractivity (Wildman–Crippen MR) is 60.6 cm³/mol. The van der Waals surface area contributed by atoms with Gasteiger partial charge in [0.05, 0.1) is 23.7 Å². The topological polar surface area (TPSA) is 66.5 Å². The van der Waals surface area contributed by atoms with Crippen LogP contribution in [0, 0.1) is 0 Å². The molecule has 5 nitrogen and oxygen atoms in total. The molecule has 3 unspecified atom stereocenters. The summed E-state index contributed by atoms with van der Waals surface area (Å²) >= 11 is 0. The summed E-state index contributed by atoms with van der Waals surface area (Å²) in [7, 11) is -2.93. The second kappa shape index (κ2) is 4.00. The van der Waals surface area contributed by atoms with Crippen LogP contribution in [0.15, 0.2) is 0 Å². The molecule has 0 aromatic heterocycles. The van der Waals surface area contributed by atoms with Crippen molar-refractivity contribution < 1.29 is 13.2 Å². The van der Waals surface area contributed by atoms with Gasteiger partial charge in [0.2, 0.25) is 5.91 Å².